The molecule has 0 N–H and O–H groups in total. The van der Waals surface area contributed by atoms with E-state index in [-0.39, 0.29) is 6.04 Å². The van der Waals surface area contributed by atoms with Crippen molar-refractivity contribution in [2.24, 2.45) is 5.92 Å². The fraction of sp³-hybridized carbons (Fsp3) is 0.250. The van der Waals surface area contributed by atoms with Gasteiger partial charge >= 0.3 is 0 Å². The van der Waals surface area contributed by atoms with E-state index in [0.29, 0.717) is 12.5 Å². The summed E-state index contributed by atoms with van der Waals surface area (Å²) >= 11 is 0. The van der Waals surface area contributed by atoms with Gasteiger partial charge in [-0.3, -0.25) is 4.98 Å². The SMILES string of the molecule is Cc1cccc(-c2ncc(-c3nccn3[C@@H]3COC[C@@H]3Cc3ccncc3)cn2)c1. The zero-order valence-electron chi connectivity index (χ0n) is 16.8. The molecule has 0 saturated carbocycles. The van der Waals surface area contributed by atoms with E-state index in [1.54, 1.807) is 0 Å². The van der Waals surface area contributed by atoms with Crippen LogP contribution in [0.25, 0.3) is 22.8 Å². The van der Waals surface area contributed by atoms with Gasteiger partial charge < -0.3 is 9.30 Å². The van der Waals surface area contributed by atoms with Gasteiger partial charge in [0.05, 0.1) is 24.8 Å². The number of pyridine rings is 1. The van der Waals surface area contributed by atoms with Crippen molar-refractivity contribution >= 4 is 0 Å². The Morgan fingerprint density at radius 3 is 2.60 bits per heavy atom. The first kappa shape index (κ1) is 18.6. The van der Waals surface area contributed by atoms with E-state index < -0.39 is 0 Å². The summed E-state index contributed by atoms with van der Waals surface area (Å²) in [6, 6.07) is 12.6. The van der Waals surface area contributed by atoms with Gasteiger partial charge in [0.1, 0.15) is 5.82 Å². The Morgan fingerprint density at radius 1 is 0.967 bits per heavy atom. The van der Waals surface area contributed by atoms with Crippen molar-refractivity contribution in [3.05, 3.63) is 84.7 Å². The second-order valence-electron chi connectivity index (χ2n) is 7.75. The normalized spacial score (nSPS) is 18.6. The predicted octanol–water partition coefficient (Wildman–Crippen LogP) is 4.14. The Labute approximate surface area is 175 Å². The van der Waals surface area contributed by atoms with Crippen LogP contribution in [0.2, 0.25) is 0 Å². The summed E-state index contributed by atoms with van der Waals surface area (Å²) < 4.78 is 8.06. The van der Waals surface area contributed by atoms with E-state index in [1.165, 1.54) is 11.1 Å². The van der Waals surface area contributed by atoms with Crippen molar-refractivity contribution in [1.82, 2.24) is 24.5 Å². The molecule has 5 rings (SSSR count). The number of aryl methyl sites for hydroxylation is 1. The summed E-state index contributed by atoms with van der Waals surface area (Å²) in [5.74, 6) is 1.98. The third kappa shape index (κ3) is 3.74. The number of imidazole rings is 1. The summed E-state index contributed by atoms with van der Waals surface area (Å²) in [6.45, 7) is 3.50. The van der Waals surface area contributed by atoms with Crippen LogP contribution in [0.1, 0.15) is 17.2 Å². The molecule has 0 aliphatic carbocycles. The van der Waals surface area contributed by atoms with Crippen LogP contribution in [-0.4, -0.2) is 37.7 Å². The molecule has 3 aromatic heterocycles. The highest BCUT2D eigenvalue weighted by molar-refractivity contribution is 5.59. The molecule has 150 valence electrons. The summed E-state index contributed by atoms with van der Waals surface area (Å²) in [5, 5.41) is 0. The lowest BCUT2D eigenvalue weighted by Crippen LogP contribution is -2.20. The maximum Gasteiger partial charge on any atom is 0.159 e. The van der Waals surface area contributed by atoms with Crippen molar-refractivity contribution in [1.29, 1.82) is 0 Å². The zero-order chi connectivity index (χ0) is 20.3. The Balaban J connectivity index is 1.40. The Bertz CT molecular complexity index is 1120. The first-order chi connectivity index (χ1) is 14.8. The number of ether oxygens (including phenoxy) is 1. The molecule has 1 aromatic carbocycles. The Hall–Kier alpha value is -3.38. The van der Waals surface area contributed by atoms with E-state index in [4.69, 9.17) is 4.74 Å². The van der Waals surface area contributed by atoms with Gasteiger partial charge in [0, 0.05) is 48.7 Å². The summed E-state index contributed by atoms with van der Waals surface area (Å²) in [4.78, 5) is 17.9. The van der Waals surface area contributed by atoms with Gasteiger partial charge in [-0.1, -0.05) is 23.8 Å². The lowest BCUT2D eigenvalue weighted by molar-refractivity contribution is 0.181. The number of rotatable bonds is 5. The molecule has 0 bridgehead atoms. The van der Waals surface area contributed by atoms with Crippen LogP contribution >= 0.6 is 0 Å². The smallest absolute Gasteiger partial charge is 0.159 e. The quantitative estimate of drug-likeness (QED) is 0.506. The molecule has 0 unspecified atom stereocenters. The van der Waals surface area contributed by atoms with Gasteiger partial charge in [0.25, 0.3) is 0 Å². The molecular weight excluding hydrogens is 374 g/mol. The molecule has 6 nitrogen and oxygen atoms in total. The van der Waals surface area contributed by atoms with Crippen LogP contribution in [0.15, 0.2) is 73.6 Å². The number of hydrogen-bond donors (Lipinski definition) is 0. The summed E-state index contributed by atoms with van der Waals surface area (Å²) in [6.07, 6.45) is 12.2. The lowest BCUT2D eigenvalue weighted by atomic mass is 9.95. The fourth-order valence-corrected chi connectivity index (χ4v) is 4.09. The van der Waals surface area contributed by atoms with Gasteiger partial charge in [-0.05, 0) is 37.1 Å². The van der Waals surface area contributed by atoms with Crippen LogP contribution in [0, 0.1) is 12.8 Å². The molecule has 1 saturated heterocycles. The van der Waals surface area contributed by atoms with Crippen molar-refractivity contribution in [3.8, 4) is 22.8 Å². The molecule has 1 fully saturated rings. The van der Waals surface area contributed by atoms with E-state index in [9.17, 15) is 0 Å². The largest absolute Gasteiger partial charge is 0.379 e. The fourth-order valence-electron chi connectivity index (χ4n) is 4.09. The third-order valence-corrected chi connectivity index (χ3v) is 5.62. The number of hydrogen-bond acceptors (Lipinski definition) is 5. The van der Waals surface area contributed by atoms with E-state index >= 15 is 0 Å². The molecule has 30 heavy (non-hydrogen) atoms. The Morgan fingerprint density at radius 2 is 1.80 bits per heavy atom. The highest BCUT2D eigenvalue weighted by Gasteiger charge is 2.31. The second kappa shape index (κ2) is 8.16. The van der Waals surface area contributed by atoms with Crippen LogP contribution in [-0.2, 0) is 11.2 Å². The number of nitrogens with zero attached hydrogens (tertiary/aromatic N) is 5. The molecule has 6 heteroatoms. The molecule has 4 aromatic rings. The minimum Gasteiger partial charge on any atom is -0.379 e. The zero-order valence-corrected chi connectivity index (χ0v) is 16.8. The van der Waals surface area contributed by atoms with Crippen molar-refractivity contribution < 1.29 is 4.74 Å². The van der Waals surface area contributed by atoms with Gasteiger partial charge in [-0.25, -0.2) is 15.0 Å². The van der Waals surface area contributed by atoms with Crippen LogP contribution < -0.4 is 0 Å². The first-order valence-electron chi connectivity index (χ1n) is 10.2. The second-order valence-corrected chi connectivity index (χ2v) is 7.75. The molecular formula is C24H23N5O. The lowest BCUT2D eigenvalue weighted by Gasteiger charge is -2.21. The molecule has 2 atom stereocenters. The maximum atomic E-state index is 5.85. The molecule has 4 heterocycles. The van der Waals surface area contributed by atoms with E-state index in [0.717, 1.165) is 35.8 Å². The van der Waals surface area contributed by atoms with Gasteiger partial charge in [0.2, 0.25) is 0 Å². The van der Waals surface area contributed by atoms with Crippen molar-refractivity contribution in [2.45, 2.75) is 19.4 Å². The highest BCUT2D eigenvalue weighted by Crippen LogP contribution is 2.32. The van der Waals surface area contributed by atoms with Crippen LogP contribution in [0.5, 0.6) is 0 Å². The van der Waals surface area contributed by atoms with E-state index in [2.05, 4.69) is 55.7 Å². The minimum atomic E-state index is 0.229. The van der Waals surface area contributed by atoms with Crippen LogP contribution in [0.4, 0.5) is 0 Å². The summed E-state index contributed by atoms with van der Waals surface area (Å²) in [7, 11) is 0. The van der Waals surface area contributed by atoms with Crippen LogP contribution in [0.3, 0.4) is 0 Å². The van der Waals surface area contributed by atoms with Crippen molar-refractivity contribution in [3.63, 3.8) is 0 Å². The van der Waals surface area contributed by atoms with Gasteiger partial charge in [0.15, 0.2) is 5.82 Å². The molecule has 0 radical (unpaired) electrons. The number of aromatic nitrogens is 5. The molecule has 1 aliphatic rings. The summed E-state index contributed by atoms with van der Waals surface area (Å²) in [5.41, 5.74) is 4.40. The molecule has 1 aliphatic heterocycles. The van der Waals surface area contributed by atoms with Gasteiger partial charge in [-0.2, -0.15) is 0 Å². The topological polar surface area (TPSA) is 65.7 Å². The Kier molecular flexibility index (Phi) is 5.07. The average molecular weight is 397 g/mol. The molecule has 0 spiro atoms. The molecule has 0 amide bonds. The standard InChI is InChI=1S/C24H23N5O/c1-17-3-2-4-19(11-17)23-27-13-21(14-28-23)24-26-9-10-29(24)22-16-30-15-20(22)12-18-5-7-25-8-6-18/h2-11,13-14,20,22H,12,15-16H2,1H3/t20-,22+/m0/s1. The average Bonchev–Trinajstić information content (AvgIpc) is 3.44. The van der Waals surface area contributed by atoms with Crippen molar-refractivity contribution in [2.75, 3.05) is 13.2 Å². The highest BCUT2D eigenvalue weighted by atomic mass is 16.5. The number of benzene rings is 1. The minimum absolute atomic E-state index is 0.229. The van der Waals surface area contributed by atoms with E-state index in [1.807, 2.05) is 49.3 Å². The monoisotopic (exact) mass is 397 g/mol. The van der Waals surface area contributed by atoms with Gasteiger partial charge in [-0.15, -0.1) is 0 Å². The third-order valence-electron chi connectivity index (χ3n) is 5.62. The first-order valence-corrected chi connectivity index (χ1v) is 10.2. The maximum absolute atomic E-state index is 5.85. The predicted molar refractivity (Wildman–Crippen MR) is 115 cm³/mol.